The van der Waals surface area contributed by atoms with Gasteiger partial charge in [-0.05, 0) is 218 Å². The predicted octanol–water partition coefficient (Wildman–Crippen LogP) is 17.0. The molecule has 72 heavy (non-hydrogen) atoms. The number of benzene rings is 5. The fourth-order valence-electron chi connectivity index (χ4n) is 11.1. The van der Waals surface area contributed by atoms with Crippen LogP contribution in [0.15, 0.2) is 84.9 Å². The fourth-order valence-corrected chi connectivity index (χ4v) is 11.1. The molecule has 390 valence electrons. The van der Waals surface area contributed by atoms with Crippen molar-refractivity contribution in [2.24, 2.45) is 23.7 Å². The molecule has 0 radical (unpaired) electrons. The van der Waals surface area contributed by atoms with Crippen LogP contribution < -0.4 is 0 Å². The second-order valence-corrected chi connectivity index (χ2v) is 21.7. The van der Waals surface area contributed by atoms with Crippen molar-refractivity contribution in [1.29, 1.82) is 0 Å². The van der Waals surface area contributed by atoms with Gasteiger partial charge in [0.05, 0.1) is 31.5 Å². The van der Waals surface area contributed by atoms with Crippen LogP contribution in [0.1, 0.15) is 158 Å². The maximum absolute atomic E-state index is 14.1. The van der Waals surface area contributed by atoms with E-state index >= 15 is 0 Å². The molecule has 6 unspecified atom stereocenters. The van der Waals surface area contributed by atoms with Crippen LogP contribution in [-0.2, 0) is 33.5 Å². The maximum Gasteiger partial charge on any atom is 0.162 e. The zero-order valence-corrected chi connectivity index (χ0v) is 43.6. The van der Waals surface area contributed by atoms with Gasteiger partial charge in [0.25, 0.3) is 0 Å². The Morgan fingerprint density at radius 1 is 0.417 bits per heavy atom. The van der Waals surface area contributed by atoms with E-state index in [0.29, 0.717) is 88.7 Å². The number of ether oxygens (including phenoxy) is 3. The molecule has 0 N–H and O–H groups in total. The fraction of sp³-hybridized carbons (Fsp3) is 0.524. The molecule has 1 aliphatic carbocycles. The number of hydrogen-bond donors (Lipinski definition) is 0. The lowest BCUT2D eigenvalue weighted by Gasteiger charge is -2.37. The SMILES string of the molecule is Cc1ccc(C2CCC(C3CCC(C)OC3)CC2)c(F)c1F.Cc1ccc(C2CCC(CCc3ccc(C)c(F)c3F)CO2)cc1.Cc1ccc(CCC2CCC(CCc3ccc(C)c(F)c3F)CO2)cc1. The molecule has 1 saturated carbocycles. The molecule has 3 heterocycles. The Morgan fingerprint density at radius 2 is 0.931 bits per heavy atom. The van der Waals surface area contributed by atoms with Crippen molar-refractivity contribution < 1.29 is 40.6 Å². The maximum atomic E-state index is 14.1. The minimum Gasteiger partial charge on any atom is -0.378 e. The molecule has 4 fully saturated rings. The van der Waals surface area contributed by atoms with E-state index in [0.717, 1.165) is 96.7 Å². The van der Waals surface area contributed by atoms with E-state index in [4.69, 9.17) is 14.2 Å². The predicted molar refractivity (Wildman–Crippen MR) is 277 cm³/mol. The van der Waals surface area contributed by atoms with E-state index in [-0.39, 0.29) is 12.0 Å². The van der Waals surface area contributed by atoms with Crippen molar-refractivity contribution in [3.8, 4) is 0 Å². The summed E-state index contributed by atoms with van der Waals surface area (Å²) >= 11 is 0. The third-order valence-corrected chi connectivity index (χ3v) is 16.2. The molecular formula is C63H78F6O3. The summed E-state index contributed by atoms with van der Waals surface area (Å²) in [4.78, 5) is 0. The summed E-state index contributed by atoms with van der Waals surface area (Å²) in [5, 5.41) is 0. The highest BCUT2D eigenvalue weighted by molar-refractivity contribution is 5.30. The van der Waals surface area contributed by atoms with Gasteiger partial charge in [0.2, 0.25) is 0 Å². The third kappa shape index (κ3) is 15.3. The largest absolute Gasteiger partial charge is 0.378 e. The van der Waals surface area contributed by atoms with Crippen LogP contribution in [0.5, 0.6) is 0 Å². The number of aryl methyl sites for hydroxylation is 8. The van der Waals surface area contributed by atoms with Gasteiger partial charge in [-0.1, -0.05) is 96.1 Å². The highest BCUT2D eigenvalue weighted by Gasteiger charge is 2.32. The van der Waals surface area contributed by atoms with Crippen LogP contribution >= 0.6 is 0 Å². The lowest BCUT2D eigenvalue weighted by atomic mass is 9.72. The highest BCUT2D eigenvalue weighted by atomic mass is 19.2. The Labute approximate surface area is 426 Å². The van der Waals surface area contributed by atoms with Gasteiger partial charge in [0.15, 0.2) is 34.9 Å². The van der Waals surface area contributed by atoms with Crippen molar-refractivity contribution in [1.82, 2.24) is 0 Å². The van der Waals surface area contributed by atoms with E-state index in [1.165, 1.54) is 28.7 Å². The molecule has 5 aromatic rings. The zero-order valence-electron chi connectivity index (χ0n) is 43.6. The quantitative estimate of drug-likeness (QED) is 0.117. The molecule has 6 atom stereocenters. The Hall–Kier alpha value is -4.44. The van der Waals surface area contributed by atoms with Gasteiger partial charge < -0.3 is 14.2 Å². The molecule has 3 nitrogen and oxygen atoms in total. The summed E-state index contributed by atoms with van der Waals surface area (Å²) in [6.07, 6.45) is 16.6. The first kappa shape index (κ1) is 55.3. The van der Waals surface area contributed by atoms with Crippen LogP contribution in [0.4, 0.5) is 26.3 Å². The minimum atomic E-state index is -0.716. The Bertz CT molecular complexity index is 2460. The molecule has 0 spiro atoms. The molecule has 4 aliphatic rings. The standard InChI is InChI=1S/C23H28F2O.C21H24F2O.C19H26F2O/c1-16-3-6-18(7-4-16)9-13-21-14-10-19(15-26-21)8-12-20-11-5-17(2)22(24)23(20)25;1-14-3-8-17(9-4-14)19-12-7-16(13-24-19)6-11-18-10-5-15(2)20(22)21(18)23;1-12-3-10-17(19(21)18(12)20)15-8-6-14(7-9-15)16-5-4-13(2)22-11-16/h3-7,11,19,21H,8-10,12-15H2,1-2H3;3-5,8-10,16,19H,6-7,11-13H2,1-2H3;3,10,13-16H,4-9,11H2,1-2H3. The monoisotopic (exact) mass is 997 g/mol. The van der Waals surface area contributed by atoms with Crippen molar-refractivity contribution in [2.75, 3.05) is 19.8 Å². The second kappa shape index (κ2) is 26.7. The summed E-state index contributed by atoms with van der Waals surface area (Å²) in [6.45, 7) is 13.4. The van der Waals surface area contributed by atoms with Gasteiger partial charge in [-0.15, -0.1) is 0 Å². The van der Waals surface area contributed by atoms with Gasteiger partial charge in [-0.25, -0.2) is 26.3 Å². The highest BCUT2D eigenvalue weighted by Crippen LogP contribution is 2.42. The van der Waals surface area contributed by atoms with Crippen molar-refractivity contribution in [2.45, 2.75) is 169 Å². The van der Waals surface area contributed by atoms with Gasteiger partial charge in [0.1, 0.15) is 0 Å². The van der Waals surface area contributed by atoms with Crippen LogP contribution in [0.25, 0.3) is 0 Å². The van der Waals surface area contributed by atoms with Crippen LogP contribution in [0.3, 0.4) is 0 Å². The molecular weight excluding hydrogens is 919 g/mol. The van der Waals surface area contributed by atoms with E-state index in [1.807, 2.05) is 0 Å². The topological polar surface area (TPSA) is 27.7 Å². The smallest absolute Gasteiger partial charge is 0.162 e. The first-order chi connectivity index (χ1) is 34.6. The van der Waals surface area contributed by atoms with Crippen molar-refractivity contribution in [3.05, 3.63) is 175 Å². The molecule has 3 saturated heterocycles. The molecule has 9 heteroatoms. The van der Waals surface area contributed by atoms with E-state index in [2.05, 4.69) is 69.3 Å². The van der Waals surface area contributed by atoms with E-state index < -0.39 is 34.9 Å². The summed E-state index contributed by atoms with van der Waals surface area (Å²) in [5.74, 6) is -1.71. The average molecular weight is 997 g/mol. The number of halogens is 6. The van der Waals surface area contributed by atoms with Crippen LogP contribution in [-0.4, -0.2) is 32.0 Å². The van der Waals surface area contributed by atoms with Crippen LogP contribution in [0, 0.1) is 93.2 Å². The summed E-state index contributed by atoms with van der Waals surface area (Å²) in [5.41, 5.74) is 7.77. The summed E-state index contributed by atoms with van der Waals surface area (Å²) in [6, 6.07) is 27.4. The Balaban J connectivity index is 0.000000159. The zero-order chi connectivity index (χ0) is 51.3. The van der Waals surface area contributed by atoms with E-state index in [9.17, 15) is 26.3 Å². The minimum absolute atomic E-state index is 0.162. The number of rotatable bonds is 12. The van der Waals surface area contributed by atoms with Gasteiger partial charge in [-0.2, -0.15) is 0 Å². The molecule has 9 rings (SSSR count). The normalized spacial score (nSPS) is 24.4. The Kier molecular flexibility index (Phi) is 20.5. The van der Waals surface area contributed by atoms with Gasteiger partial charge >= 0.3 is 0 Å². The molecule has 0 amide bonds. The lowest BCUT2D eigenvalue weighted by molar-refractivity contribution is -0.0282. The first-order valence-corrected chi connectivity index (χ1v) is 26.9. The van der Waals surface area contributed by atoms with Crippen molar-refractivity contribution in [3.63, 3.8) is 0 Å². The molecule has 0 bridgehead atoms. The van der Waals surface area contributed by atoms with Gasteiger partial charge in [-0.3, -0.25) is 0 Å². The third-order valence-electron chi connectivity index (χ3n) is 16.2. The van der Waals surface area contributed by atoms with Crippen LogP contribution in [0.2, 0.25) is 0 Å². The molecule has 5 aromatic carbocycles. The molecule has 3 aliphatic heterocycles. The first-order valence-electron chi connectivity index (χ1n) is 26.9. The Morgan fingerprint density at radius 3 is 1.44 bits per heavy atom. The number of hydrogen-bond acceptors (Lipinski definition) is 3. The lowest BCUT2D eigenvalue weighted by Crippen LogP contribution is -2.31. The average Bonchev–Trinajstić information content (AvgIpc) is 3.40. The second-order valence-electron chi connectivity index (χ2n) is 21.7. The molecule has 0 aromatic heterocycles. The summed E-state index contributed by atoms with van der Waals surface area (Å²) < 4.78 is 101. The van der Waals surface area contributed by atoms with Gasteiger partial charge in [0, 0.05) is 6.61 Å². The van der Waals surface area contributed by atoms with E-state index in [1.54, 1.807) is 57.2 Å². The summed E-state index contributed by atoms with van der Waals surface area (Å²) in [7, 11) is 0. The van der Waals surface area contributed by atoms with Crippen molar-refractivity contribution >= 4 is 0 Å².